The van der Waals surface area contributed by atoms with Gasteiger partial charge in [0.05, 0.1) is 11.6 Å². The van der Waals surface area contributed by atoms with Crippen LogP contribution in [-0.4, -0.2) is 0 Å². The zero-order valence-corrected chi connectivity index (χ0v) is 19.3. The van der Waals surface area contributed by atoms with E-state index < -0.39 is 11.7 Å². The number of allylic oxidation sites excluding steroid dienone is 2. The number of rotatable bonds is 9. The summed E-state index contributed by atoms with van der Waals surface area (Å²) in [6.45, 7) is 0. The van der Waals surface area contributed by atoms with E-state index >= 15 is 0 Å². The van der Waals surface area contributed by atoms with Crippen molar-refractivity contribution in [2.45, 2.75) is 96.1 Å². The third-order valence-corrected chi connectivity index (χ3v) is 7.99. The first-order valence-corrected chi connectivity index (χ1v) is 12.7. The van der Waals surface area contributed by atoms with Crippen LogP contribution in [0.2, 0.25) is 0 Å². The Balaban J connectivity index is 1.26. The number of aryl methyl sites for hydroxylation is 1. The molecule has 1 aromatic carbocycles. The van der Waals surface area contributed by atoms with Crippen LogP contribution in [0.5, 0.6) is 0 Å². The van der Waals surface area contributed by atoms with Gasteiger partial charge < -0.3 is 0 Å². The lowest BCUT2D eigenvalue weighted by molar-refractivity contribution is -0.137. The summed E-state index contributed by atoms with van der Waals surface area (Å²) >= 11 is 0. The minimum atomic E-state index is -4.24. The molecule has 1 aromatic rings. The maximum Gasteiger partial charge on any atom is 0.416 e. The number of nitriles is 1. The molecule has 0 aromatic heterocycles. The van der Waals surface area contributed by atoms with Crippen molar-refractivity contribution < 1.29 is 13.2 Å². The van der Waals surface area contributed by atoms with Crippen molar-refractivity contribution in [3.8, 4) is 6.07 Å². The maximum absolute atomic E-state index is 12.7. The average Bonchev–Trinajstić information content (AvgIpc) is 2.80. The Bertz CT molecular complexity index is 727. The monoisotopic (exact) mass is 445 g/mol. The molecule has 2 fully saturated rings. The topological polar surface area (TPSA) is 23.8 Å². The normalized spacial score (nSPS) is 26.8. The molecular weight excluding hydrogens is 407 g/mol. The lowest BCUT2D eigenvalue weighted by Gasteiger charge is -2.38. The van der Waals surface area contributed by atoms with E-state index in [2.05, 4.69) is 6.07 Å². The van der Waals surface area contributed by atoms with Gasteiger partial charge in [-0.3, -0.25) is 0 Å². The zero-order valence-electron chi connectivity index (χ0n) is 19.3. The van der Waals surface area contributed by atoms with E-state index in [1.54, 1.807) is 18.2 Å². The molecule has 176 valence electrons. The van der Waals surface area contributed by atoms with Gasteiger partial charge in [0, 0.05) is 6.08 Å². The van der Waals surface area contributed by atoms with Gasteiger partial charge in [0.25, 0.3) is 0 Å². The number of benzene rings is 1. The van der Waals surface area contributed by atoms with Crippen molar-refractivity contribution in [2.24, 2.45) is 23.7 Å². The quantitative estimate of drug-likeness (QED) is 0.275. The van der Waals surface area contributed by atoms with Crippen molar-refractivity contribution in [3.05, 3.63) is 47.5 Å². The molecule has 32 heavy (non-hydrogen) atoms. The Morgan fingerprint density at radius 3 is 1.91 bits per heavy atom. The van der Waals surface area contributed by atoms with E-state index in [1.807, 2.05) is 6.08 Å². The molecule has 0 radical (unpaired) electrons. The van der Waals surface area contributed by atoms with Crippen LogP contribution in [0.4, 0.5) is 13.2 Å². The molecule has 2 aliphatic rings. The van der Waals surface area contributed by atoms with Gasteiger partial charge in [-0.05, 0) is 92.7 Å². The van der Waals surface area contributed by atoms with Crippen molar-refractivity contribution in [2.75, 3.05) is 0 Å². The molecule has 4 heteroatoms. The predicted octanol–water partition coefficient (Wildman–Crippen LogP) is 8.89. The molecule has 0 spiro atoms. The number of nitrogens with zero attached hydrogens (tertiary/aromatic N) is 1. The van der Waals surface area contributed by atoms with E-state index in [-0.39, 0.29) is 0 Å². The van der Waals surface area contributed by atoms with E-state index in [0.29, 0.717) is 0 Å². The molecule has 1 nitrogen and oxygen atoms in total. The maximum atomic E-state index is 12.7. The van der Waals surface area contributed by atoms with Crippen LogP contribution < -0.4 is 0 Å². The Morgan fingerprint density at radius 1 is 0.812 bits per heavy atom. The van der Waals surface area contributed by atoms with Gasteiger partial charge in [-0.15, -0.1) is 0 Å². The van der Waals surface area contributed by atoms with E-state index in [1.165, 1.54) is 82.8 Å². The van der Waals surface area contributed by atoms with Crippen LogP contribution >= 0.6 is 0 Å². The molecule has 0 unspecified atom stereocenters. The largest absolute Gasteiger partial charge is 0.416 e. The van der Waals surface area contributed by atoms with Crippen LogP contribution in [0.3, 0.4) is 0 Å². The highest BCUT2D eigenvalue weighted by molar-refractivity contribution is 5.24. The summed E-state index contributed by atoms with van der Waals surface area (Å²) < 4.78 is 38.0. The molecule has 2 aliphatic carbocycles. The first-order valence-electron chi connectivity index (χ1n) is 12.7. The number of halogens is 3. The fourth-order valence-electron chi connectivity index (χ4n) is 5.99. The average molecular weight is 446 g/mol. The van der Waals surface area contributed by atoms with Crippen molar-refractivity contribution >= 4 is 0 Å². The SMILES string of the molecule is N#C/C=C/CCC1CCC([C@H]2CC[C@H](CCCCc3ccc(C(F)(F)F)cc3)CC2)CC1. The summed E-state index contributed by atoms with van der Waals surface area (Å²) in [4.78, 5) is 0. The zero-order chi connectivity index (χ0) is 22.8. The summed E-state index contributed by atoms with van der Waals surface area (Å²) in [6, 6.07) is 7.74. The highest BCUT2D eigenvalue weighted by atomic mass is 19.4. The fraction of sp³-hybridized carbons (Fsp3) is 0.679. The van der Waals surface area contributed by atoms with Crippen molar-refractivity contribution in [3.63, 3.8) is 0 Å². The summed E-state index contributed by atoms with van der Waals surface area (Å²) in [5, 5.41) is 8.57. The molecule has 0 aliphatic heterocycles. The van der Waals surface area contributed by atoms with Crippen molar-refractivity contribution in [1.82, 2.24) is 0 Å². The molecule has 3 rings (SSSR count). The molecule has 0 heterocycles. The van der Waals surface area contributed by atoms with Gasteiger partial charge in [-0.25, -0.2) is 0 Å². The van der Waals surface area contributed by atoms with Crippen molar-refractivity contribution in [1.29, 1.82) is 5.26 Å². The molecule has 0 bridgehead atoms. The minimum Gasteiger partial charge on any atom is -0.193 e. The standard InChI is InChI=1S/C28H38F3N/c29-28(30,31)27-19-13-24(14-20-27)8-4-3-7-23-11-17-26(18-12-23)25-15-9-22(10-16-25)6-2-1-5-21-32/h1,5,13-14,19-20,22-23,25-26H,2-4,6-12,15-18H2/b5-1+/t22?,23-,25?,26-. The second-order valence-electron chi connectivity index (χ2n) is 10.1. The van der Waals surface area contributed by atoms with Crippen LogP contribution in [0.1, 0.15) is 94.6 Å². The predicted molar refractivity (Wildman–Crippen MR) is 124 cm³/mol. The molecule has 0 saturated heterocycles. The number of alkyl halides is 3. The van der Waals surface area contributed by atoms with E-state index in [9.17, 15) is 13.2 Å². The highest BCUT2D eigenvalue weighted by Gasteiger charge is 2.31. The van der Waals surface area contributed by atoms with Gasteiger partial charge in [-0.1, -0.05) is 56.7 Å². The second kappa shape index (κ2) is 12.5. The van der Waals surface area contributed by atoms with Crippen LogP contribution in [0.25, 0.3) is 0 Å². The second-order valence-corrected chi connectivity index (χ2v) is 10.1. The number of unbranched alkanes of at least 4 members (excludes halogenated alkanes) is 1. The Hall–Kier alpha value is -1.76. The highest BCUT2D eigenvalue weighted by Crippen LogP contribution is 2.43. The van der Waals surface area contributed by atoms with Gasteiger partial charge >= 0.3 is 6.18 Å². The number of hydrogen-bond donors (Lipinski definition) is 0. The Kier molecular flexibility index (Phi) is 9.69. The molecular formula is C28H38F3N. The van der Waals surface area contributed by atoms with Gasteiger partial charge in [0.1, 0.15) is 0 Å². The van der Waals surface area contributed by atoms with E-state index in [4.69, 9.17) is 5.26 Å². The summed E-state index contributed by atoms with van der Waals surface area (Å²) in [6.07, 6.45) is 17.1. The first-order chi connectivity index (χ1) is 15.5. The molecule has 0 N–H and O–H groups in total. The molecule has 0 atom stereocenters. The van der Waals surface area contributed by atoms with E-state index in [0.717, 1.165) is 48.5 Å². The number of hydrogen-bond acceptors (Lipinski definition) is 1. The Morgan fingerprint density at radius 2 is 1.38 bits per heavy atom. The van der Waals surface area contributed by atoms with Gasteiger partial charge in [0.2, 0.25) is 0 Å². The van der Waals surface area contributed by atoms with Crippen LogP contribution in [-0.2, 0) is 12.6 Å². The summed E-state index contributed by atoms with van der Waals surface area (Å²) in [5.41, 5.74) is 0.456. The third kappa shape index (κ3) is 7.98. The summed E-state index contributed by atoms with van der Waals surface area (Å²) in [5.74, 6) is 3.57. The third-order valence-electron chi connectivity index (χ3n) is 7.99. The smallest absolute Gasteiger partial charge is 0.193 e. The molecule has 0 amide bonds. The van der Waals surface area contributed by atoms with Crippen LogP contribution in [0, 0.1) is 35.0 Å². The van der Waals surface area contributed by atoms with Crippen LogP contribution in [0.15, 0.2) is 36.4 Å². The minimum absolute atomic E-state index is 0.556. The lowest BCUT2D eigenvalue weighted by Crippen LogP contribution is -2.25. The Labute approximate surface area is 192 Å². The first kappa shape index (κ1) is 24.9. The lowest BCUT2D eigenvalue weighted by atomic mass is 9.68. The summed E-state index contributed by atoms with van der Waals surface area (Å²) in [7, 11) is 0. The van der Waals surface area contributed by atoms with Gasteiger partial charge in [0.15, 0.2) is 0 Å². The molecule has 2 saturated carbocycles. The fourth-order valence-corrected chi connectivity index (χ4v) is 5.99. The van der Waals surface area contributed by atoms with Gasteiger partial charge in [-0.2, -0.15) is 18.4 Å².